The molecule has 2 atom stereocenters. The van der Waals surface area contributed by atoms with Crippen LogP contribution in [0.25, 0.3) is 0 Å². The highest BCUT2D eigenvalue weighted by Crippen LogP contribution is 2.19. The molecule has 0 fully saturated rings. The Morgan fingerprint density at radius 2 is 2.06 bits per heavy atom. The van der Waals surface area contributed by atoms with Crippen LogP contribution in [0.4, 0.5) is 4.39 Å². The zero-order valence-electron chi connectivity index (χ0n) is 10.1. The third kappa shape index (κ3) is 3.29. The lowest BCUT2D eigenvalue weighted by atomic mass is 9.90. The molecule has 0 aliphatic carbocycles. The first kappa shape index (κ1) is 13.1. The third-order valence-electron chi connectivity index (χ3n) is 2.95. The second-order valence-electron chi connectivity index (χ2n) is 4.40. The SMILES string of the molecule is CCNC(C)C(C)(O)Cc1ccccc1F. The summed E-state index contributed by atoms with van der Waals surface area (Å²) in [5, 5.41) is 13.4. The van der Waals surface area contributed by atoms with Gasteiger partial charge in [-0.25, -0.2) is 4.39 Å². The minimum absolute atomic E-state index is 0.0721. The Balaban J connectivity index is 2.76. The van der Waals surface area contributed by atoms with Gasteiger partial charge in [0.2, 0.25) is 0 Å². The fourth-order valence-electron chi connectivity index (χ4n) is 1.71. The number of likely N-dealkylation sites (N-methyl/N-ethyl adjacent to an activating group) is 1. The molecule has 1 aromatic carbocycles. The molecule has 1 aromatic rings. The Bertz CT molecular complexity index is 338. The van der Waals surface area contributed by atoms with E-state index >= 15 is 0 Å². The highest BCUT2D eigenvalue weighted by atomic mass is 19.1. The first-order valence-electron chi connectivity index (χ1n) is 5.66. The van der Waals surface area contributed by atoms with E-state index in [2.05, 4.69) is 5.32 Å². The summed E-state index contributed by atoms with van der Waals surface area (Å²) in [5.41, 5.74) is -0.393. The molecule has 16 heavy (non-hydrogen) atoms. The van der Waals surface area contributed by atoms with Gasteiger partial charge in [0.1, 0.15) is 5.82 Å². The second kappa shape index (κ2) is 5.41. The van der Waals surface area contributed by atoms with E-state index in [0.29, 0.717) is 12.0 Å². The number of hydrogen-bond donors (Lipinski definition) is 2. The Labute approximate surface area is 96.5 Å². The van der Waals surface area contributed by atoms with Crippen molar-refractivity contribution in [3.05, 3.63) is 35.6 Å². The van der Waals surface area contributed by atoms with E-state index in [1.807, 2.05) is 13.8 Å². The summed E-state index contributed by atoms with van der Waals surface area (Å²) in [7, 11) is 0. The fraction of sp³-hybridized carbons (Fsp3) is 0.538. The minimum Gasteiger partial charge on any atom is -0.388 e. The van der Waals surface area contributed by atoms with Gasteiger partial charge in [0.15, 0.2) is 0 Å². The van der Waals surface area contributed by atoms with E-state index in [9.17, 15) is 9.50 Å². The molecule has 0 aliphatic heterocycles. The van der Waals surface area contributed by atoms with Crippen molar-refractivity contribution in [1.29, 1.82) is 0 Å². The van der Waals surface area contributed by atoms with E-state index in [-0.39, 0.29) is 11.9 Å². The predicted octanol–water partition coefficient (Wildman–Crippen LogP) is 2.12. The Hall–Kier alpha value is -0.930. The molecule has 0 aliphatic rings. The van der Waals surface area contributed by atoms with E-state index < -0.39 is 5.60 Å². The Morgan fingerprint density at radius 1 is 1.44 bits per heavy atom. The molecule has 0 bridgehead atoms. The lowest BCUT2D eigenvalue weighted by Gasteiger charge is -2.31. The summed E-state index contributed by atoms with van der Waals surface area (Å²) < 4.78 is 13.4. The van der Waals surface area contributed by atoms with Gasteiger partial charge in [-0.15, -0.1) is 0 Å². The number of hydrogen-bond acceptors (Lipinski definition) is 2. The molecule has 0 aromatic heterocycles. The molecule has 3 heteroatoms. The van der Waals surface area contributed by atoms with E-state index in [4.69, 9.17) is 0 Å². The minimum atomic E-state index is -0.946. The quantitative estimate of drug-likeness (QED) is 0.804. The number of rotatable bonds is 5. The van der Waals surface area contributed by atoms with E-state index in [1.54, 1.807) is 25.1 Å². The molecule has 0 spiro atoms. The van der Waals surface area contributed by atoms with Crippen LogP contribution in [0.2, 0.25) is 0 Å². The zero-order valence-corrected chi connectivity index (χ0v) is 10.1. The molecule has 0 saturated heterocycles. The van der Waals surface area contributed by atoms with Crippen molar-refractivity contribution in [3.63, 3.8) is 0 Å². The molecule has 90 valence electrons. The Morgan fingerprint density at radius 3 is 2.62 bits per heavy atom. The maximum atomic E-state index is 13.4. The molecular formula is C13H20FNO. The molecule has 1 rings (SSSR count). The van der Waals surface area contributed by atoms with Gasteiger partial charge in [-0.2, -0.15) is 0 Å². The molecular weight excluding hydrogens is 205 g/mol. The maximum Gasteiger partial charge on any atom is 0.126 e. The van der Waals surface area contributed by atoms with Gasteiger partial charge in [-0.1, -0.05) is 25.1 Å². The first-order valence-corrected chi connectivity index (χ1v) is 5.66. The zero-order chi connectivity index (χ0) is 12.2. The molecule has 2 N–H and O–H groups in total. The monoisotopic (exact) mass is 225 g/mol. The van der Waals surface area contributed by atoms with Crippen LogP contribution in [0.3, 0.4) is 0 Å². The van der Waals surface area contributed by atoms with Crippen LogP contribution < -0.4 is 5.32 Å². The lowest BCUT2D eigenvalue weighted by molar-refractivity contribution is 0.0257. The van der Waals surface area contributed by atoms with Gasteiger partial charge in [0.25, 0.3) is 0 Å². The predicted molar refractivity (Wildman–Crippen MR) is 63.9 cm³/mol. The van der Waals surface area contributed by atoms with Gasteiger partial charge < -0.3 is 10.4 Å². The Kier molecular flexibility index (Phi) is 4.44. The van der Waals surface area contributed by atoms with Gasteiger partial charge >= 0.3 is 0 Å². The molecule has 0 heterocycles. The summed E-state index contributed by atoms with van der Waals surface area (Å²) in [4.78, 5) is 0. The molecule has 2 nitrogen and oxygen atoms in total. The van der Waals surface area contributed by atoms with Crippen LogP contribution in [0.1, 0.15) is 26.3 Å². The van der Waals surface area contributed by atoms with Crippen LogP contribution >= 0.6 is 0 Å². The second-order valence-corrected chi connectivity index (χ2v) is 4.40. The van der Waals surface area contributed by atoms with E-state index in [1.165, 1.54) is 6.07 Å². The van der Waals surface area contributed by atoms with Crippen LogP contribution in [-0.4, -0.2) is 23.3 Å². The van der Waals surface area contributed by atoms with E-state index in [0.717, 1.165) is 6.54 Å². The van der Waals surface area contributed by atoms with Crippen molar-refractivity contribution < 1.29 is 9.50 Å². The van der Waals surface area contributed by atoms with Crippen LogP contribution in [0.15, 0.2) is 24.3 Å². The summed E-state index contributed by atoms with van der Waals surface area (Å²) in [6.45, 7) is 6.40. The van der Waals surface area contributed by atoms with Crippen molar-refractivity contribution >= 4 is 0 Å². The largest absolute Gasteiger partial charge is 0.388 e. The first-order chi connectivity index (χ1) is 7.47. The number of aliphatic hydroxyl groups is 1. The lowest BCUT2D eigenvalue weighted by Crippen LogP contribution is -2.48. The summed E-state index contributed by atoms with van der Waals surface area (Å²) in [6, 6.07) is 6.50. The molecule has 0 saturated carbocycles. The fourth-order valence-corrected chi connectivity index (χ4v) is 1.71. The van der Waals surface area contributed by atoms with Crippen molar-refractivity contribution in [3.8, 4) is 0 Å². The average molecular weight is 225 g/mol. The number of benzene rings is 1. The van der Waals surface area contributed by atoms with Gasteiger partial charge in [-0.3, -0.25) is 0 Å². The number of nitrogens with one attached hydrogen (secondary N) is 1. The summed E-state index contributed by atoms with van der Waals surface area (Å²) in [5.74, 6) is -0.258. The van der Waals surface area contributed by atoms with Crippen molar-refractivity contribution in [1.82, 2.24) is 5.32 Å². The van der Waals surface area contributed by atoms with Gasteiger partial charge in [0.05, 0.1) is 5.60 Å². The number of halogens is 1. The summed E-state index contributed by atoms with van der Waals surface area (Å²) >= 11 is 0. The molecule has 2 unspecified atom stereocenters. The van der Waals surface area contributed by atoms with Gasteiger partial charge in [0, 0.05) is 12.5 Å². The maximum absolute atomic E-state index is 13.4. The summed E-state index contributed by atoms with van der Waals surface area (Å²) in [6.07, 6.45) is 0.313. The smallest absolute Gasteiger partial charge is 0.126 e. The highest BCUT2D eigenvalue weighted by molar-refractivity contribution is 5.19. The average Bonchev–Trinajstić information content (AvgIpc) is 2.21. The highest BCUT2D eigenvalue weighted by Gasteiger charge is 2.28. The van der Waals surface area contributed by atoms with Crippen molar-refractivity contribution in [2.75, 3.05) is 6.54 Å². The molecule has 0 amide bonds. The topological polar surface area (TPSA) is 32.3 Å². The standard InChI is InChI=1S/C13H20FNO/c1-4-15-10(2)13(3,16)9-11-7-5-6-8-12(11)14/h5-8,10,15-16H,4,9H2,1-3H3. The van der Waals surface area contributed by atoms with Crippen molar-refractivity contribution in [2.45, 2.75) is 38.8 Å². The van der Waals surface area contributed by atoms with Crippen molar-refractivity contribution in [2.24, 2.45) is 0 Å². The van der Waals surface area contributed by atoms with Crippen LogP contribution in [0, 0.1) is 5.82 Å². The molecule has 0 radical (unpaired) electrons. The van der Waals surface area contributed by atoms with Gasteiger partial charge in [-0.05, 0) is 32.0 Å². The normalized spacial score (nSPS) is 16.8. The van der Waals surface area contributed by atoms with Crippen LogP contribution in [0.5, 0.6) is 0 Å². The third-order valence-corrected chi connectivity index (χ3v) is 2.95. The van der Waals surface area contributed by atoms with Crippen LogP contribution in [-0.2, 0) is 6.42 Å².